The molecule has 1 aliphatic rings. The molecule has 1 atom stereocenters. The minimum atomic E-state index is -0.155. The molecule has 5 heteroatoms. The summed E-state index contributed by atoms with van der Waals surface area (Å²) in [6, 6.07) is 4.05. The van der Waals surface area contributed by atoms with Gasteiger partial charge in [-0.1, -0.05) is 6.07 Å². The predicted octanol–water partition coefficient (Wildman–Crippen LogP) is 3.86. The van der Waals surface area contributed by atoms with Crippen molar-refractivity contribution in [3.8, 4) is 5.75 Å². The Bertz CT molecular complexity index is 460. The zero-order valence-corrected chi connectivity index (χ0v) is 13.2. The van der Waals surface area contributed by atoms with Crippen LogP contribution in [0.2, 0.25) is 0 Å². The zero-order valence-electron chi connectivity index (χ0n) is 10.0. The quantitative estimate of drug-likeness (QED) is 0.747. The Balaban J connectivity index is 1.94. The molecule has 0 spiro atoms. The second-order valence-corrected chi connectivity index (χ2v) is 5.78. The molecular formula is C13H14Br2O3. The van der Waals surface area contributed by atoms with Gasteiger partial charge in [0.2, 0.25) is 0 Å². The molecule has 1 aromatic rings. The minimum absolute atomic E-state index is 0.0648. The molecule has 2 rings (SSSR count). The highest BCUT2D eigenvalue weighted by Crippen LogP contribution is 2.41. The summed E-state index contributed by atoms with van der Waals surface area (Å²) in [4.78, 5) is 11.3. The van der Waals surface area contributed by atoms with Crippen LogP contribution in [0.3, 0.4) is 0 Å². The van der Waals surface area contributed by atoms with E-state index >= 15 is 0 Å². The van der Waals surface area contributed by atoms with Gasteiger partial charge in [-0.2, -0.15) is 0 Å². The molecule has 0 aromatic heterocycles. The number of hydrogen-bond donors (Lipinski definition) is 0. The molecule has 18 heavy (non-hydrogen) atoms. The van der Waals surface area contributed by atoms with E-state index in [2.05, 4.69) is 37.9 Å². The zero-order chi connectivity index (χ0) is 13.1. The fourth-order valence-electron chi connectivity index (χ4n) is 1.99. The number of benzene rings is 1. The molecule has 1 aromatic carbocycles. The highest BCUT2D eigenvalue weighted by Gasteiger charge is 2.26. The summed E-state index contributed by atoms with van der Waals surface area (Å²) < 4.78 is 12.7. The number of halogens is 2. The highest BCUT2D eigenvalue weighted by molar-refractivity contribution is 9.13. The van der Waals surface area contributed by atoms with Gasteiger partial charge in [-0.15, -0.1) is 0 Å². The largest absolute Gasteiger partial charge is 0.489 e. The van der Waals surface area contributed by atoms with Gasteiger partial charge in [0.1, 0.15) is 11.9 Å². The summed E-state index contributed by atoms with van der Waals surface area (Å²) in [5.41, 5.74) is 1.18. The van der Waals surface area contributed by atoms with Crippen molar-refractivity contribution < 1.29 is 14.3 Å². The molecule has 0 bridgehead atoms. The van der Waals surface area contributed by atoms with Gasteiger partial charge >= 0.3 is 5.97 Å². The molecule has 98 valence electrons. The third-order valence-electron chi connectivity index (χ3n) is 2.84. The fraction of sp³-hybridized carbons (Fsp3) is 0.462. The standard InChI is InChI=1S/C13H14Br2O3/c1-2-17-11(16)6-4-9-7-8-3-5-10(14)12(15)13(8)18-9/h3,5,9H,2,4,6-7H2,1H3. The van der Waals surface area contributed by atoms with Gasteiger partial charge < -0.3 is 9.47 Å². The summed E-state index contributed by atoms with van der Waals surface area (Å²) in [6.07, 6.45) is 2.01. The van der Waals surface area contributed by atoms with Crippen molar-refractivity contribution in [1.29, 1.82) is 0 Å². The lowest BCUT2D eigenvalue weighted by molar-refractivity contribution is -0.143. The first kappa shape index (κ1) is 13.9. The number of fused-ring (bicyclic) bond motifs is 1. The molecule has 0 fully saturated rings. The van der Waals surface area contributed by atoms with Crippen LogP contribution in [0.1, 0.15) is 25.3 Å². The van der Waals surface area contributed by atoms with Crippen LogP contribution in [0.5, 0.6) is 5.75 Å². The number of hydrogen-bond acceptors (Lipinski definition) is 3. The number of ether oxygens (including phenoxy) is 2. The molecule has 1 heterocycles. The number of carbonyl (C=O) groups excluding carboxylic acids is 1. The van der Waals surface area contributed by atoms with Gasteiger partial charge in [0.15, 0.2) is 0 Å². The topological polar surface area (TPSA) is 35.5 Å². The van der Waals surface area contributed by atoms with Gasteiger partial charge in [0.05, 0.1) is 11.1 Å². The lowest BCUT2D eigenvalue weighted by atomic mass is 10.1. The van der Waals surface area contributed by atoms with Crippen molar-refractivity contribution in [2.24, 2.45) is 0 Å². The molecule has 1 aliphatic heterocycles. The normalized spacial score (nSPS) is 17.2. The van der Waals surface area contributed by atoms with Crippen LogP contribution in [-0.2, 0) is 16.0 Å². The Morgan fingerprint density at radius 1 is 1.50 bits per heavy atom. The maximum Gasteiger partial charge on any atom is 0.305 e. The van der Waals surface area contributed by atoms with Crippen molar-refractivity contribution >= 4 is 37.8 Å². The molecule has 0 N–H and O–H groups in total. The van der Waals surface area contributed by atoms with Crippen LogP contribution in [0, 0.1) is 0 Å². The summed E-state index contributed by atoms with van der Waals surface area (Å²) in [6.45, 7) is 2.25. The second kappa shape index (κ2) is 6.06. The van der Waals surface area contributed by atoms with Gasteiger partial charge in [-0.25, -0.2) is 0 Å². The van der Waals surface area contributed by atoms with E-state index in [0.717, 1.165) is 21.1 Å². The maximum atomic E-state index is 11.3. The third kappa shape index (κ3) is 3.06. The van der Waals surface area contributed by atoms with Crippen molar-refractivity contribution in [2.45, 2.75) is 32.3 Å². The summed E-state index contributed by atoms with van der Waals surface area (Å²) in [7, 11) is 0. The van der Waals surface area contributed by atoms with E-state index in [-0.39, 0.29) is 12.1 Å². The van der Waals surface area contributed by atoms with E-state index in [9.17, 15) is 4.79 Å². The first-order valence-corrected chi connectivity index (χ1v) is 7.49. The number of esters is 1. The van der Waals surface area contributed by atoms with Crippen LogP contribution in [-0.4, -0.2) is 18.7 Å². The molecule has 1 unspecified atom stereocenters. The Morgan fingerprint density at radius 2 is 2.28 bits per heavy atom. The SMILES string of the molecule is CCOC(=O)CCC1Cc2ccc(Br)c(Br)c2O1. The monoisotopic (exact) mass is 376 g/mol. The van der Waals surface area contributed by atoms with E-state index in [1.807, 2.05) is 13.0 Å². The van der Waals surface area contributed by atoms with Gasteiger partial charge in [-0.3, -0.25) is 4.79 Å². The Kier molecular flexibility index (Phi) is 4.67. The molecule has 0 amide bonds. The van der Waals surface area contributed by atoms with Gasteiger partial charge in [0, 0.05) is 17.3 Å². The Morgan fingerprint density at radius 3 is 3.00 bits per heavy atom. The van der Waals surface area contributed by atoms with E-state index in [1.54, 1.807) is 0 Å². The Labute approximate surface area is 123 Å². The molecule has 0 aliphatic carbocycles. The molecular weight excluding hydrogens is 364 g/mol. The van der Waals surface area contributed by atoms with E-state index in [0.29, 0.717) is 19.4 Å². The van der Waals surface area contributed by atoms with Crippen LogP contribution in [0.25, 0.3) is 0 Å². The van der Waals surface area contributed by atoms with E-state index in [1.165, 1.54) is 5.56 Å². The first-order chi connectivity index (χ1) is 8.61. The molecule has 0 radical (unpaired) electrons. The van der Waals surface area contributed by atoms with Crippen molar-refractivity contribution in [1.82, 2.24) is 0 Å². The van der Waals surface area contributed by atoms with Gasteiger partial charge in [0.25, 0.3) is 0 Å². The second-order valence-electron chi connectivity index (χ2n) is 4.14. The summed E-state index contributed by atoms with van der Waals surface area (Å²) >= 11 is 6.95. The smallest absolute Gasteiger partial charge is 0.305 e. The van der Waals surface area contributed by atoms with Gasteiger partial charge in [-0.05, 0) is 56.8 Å². The average molecular weight is 378 g/mol. The minimum Gasteiger partial charge on any atom is -0.489 e. The summed E-state index contributed by atoms with van der Waals surface area (Å²) in [5, 5.41) is 0. The lowest BCUT2D eigenvalue weighted by Gasteiger charge is -2.10. The summed E-state index contributed by atoms with van der Waals surface area (Å²) in [5.74, 6) is 0.732. The predicted molar refractivity (Wildman–Crippen MR) is 75.8 cm³/mol. The van der Waals surface area contributed by atoms with Crippen molar-refractivity contribution in [3.05, 3.63) is 26.6 Å². The molecule has 0 saturated heterocycles. The highest BCUT2D eigenvalue weighted by atomic mass is 79.9. The molecule has 3 nitrogen and oxygen atoms in total. The first-order valence-electron chi connectivity index (χ1n) is 5.91. The van der Waals surface area contributed by atoms with E-state index < -0.39 is 0 Å². The molecule has 0 saturated carbocycles. The fourth-order valence-corrected chi connectivity index (χ4v) is 2.78. The van der Waals surface area contributed by atoms with Crippen LogP contribution >= 0.6 is 31.9 Å². The van der Waals surface area contributed by atoms with Crippen molar-refractivity contribution in [2.75, 3.05) is 6.61 Å². The number of rotatable bonds is 4. The average Bonchev–Trinajstić information content (AvgIpc) is 2.76. The Hall–Kier alpha value is -0.550. The van der Waals surface area contributed by atoms with Crippen LogP contribution in [0.4, 0.5) is 0 Å². The van der Waals surface area contributed by atoms with Crippen molar-refractivity contribution in [3.63, 3.8) is 0 Å². The third-order valence-corrected chi connectivity index (χ3v) is 4.82. The van der Waals surface area contributed by atoms with Crippen LogP contribution in [0.15, 0.2) is 21.1 Å². The maximum absolute atomic E-state index is 11.3. The lowest BCUT2D eigenvalue weighted by Crippen LogP contribution is -2.16. The number of carbonyl (C=O) groups is 1. The van der Waals surface area contributed by atoms with E-state index in [4.69, 9.17) is 9.47 Å². The van der Waals surface area contributed by atoms with Crippen LogP contribution < -0.4 is 4.74 Å².